The summed E-state index contributed by atoms with van der Waals surface area (Å²) < 4.78 is 62.0. The Morgan fingerprint density at radius 1 is 1.39 bits per heavy atom. The van der Waals surface area contributed by atoms with E-state index in [2.05, 4.69) is 4.74 Å². The van der Waals surface area contributed by atoms with Crippen LogP contribution in [0.25, 0.3) is 0 Å². The number of sulfone groups is 1. The number of ether oxygens (including phenoxy) is 1. The molecule has 0 saturated carbocycles. The molecule has 1 unspecified atom stereocenters. The first-order chi connectivity index (χ1) is 8.03. The summed E-state index contributed by atoms with van der Waals surface area (Å²) in [6.07, 6.45) is -4.53. The minimum Gasteiger partial charge on any atom is -0.481 e. The molecule has 0 saturated heterocycles. The largest absolute Gasteiger partial charge is 0.481 e. The van der Waals surface area contributed by atoms with Crippen molar-refractivity contribution >= 4 is 15.8 Å². The molecule has 0 aliphatic carbocycles. The number of aliphatic carboxylic acids is 1. The van der Waals surface area contributed by atoms with Crippen molar-refractivity contribution in [3.8, 4) is 0 Å². The third-order valence-electron chi connectivity index (χ3n) is 1.94. The number of alkyl halides is 3. The summed E-state index contributed by atoms with van der Waals surface area (Å²) >= 11 is 0. The Kier molecular flexibility index (Phi) is 6.61. The van der Waals surface area contributed by atoms with Crippen molar-refractivity contribution in [1.82, 2.24) is 0 Å². The SMILES string of the molecule is CC(CS(=O)(=O)CCCOCC(F)(F)F)C(=O)O. The molecule has 1 atom stereocenters. The highest BCUT2D eigenvalue weighted by molar-refractivity contribution is 7.91. The summed E-state index contributed by atoms with van der Waals surface area (Å²) in [5, 5.41) is 8.53. The lowest BCUT2D eigenvalue weighted by Gasteiger charge is -2.09. The van der Waals surface area contributed by atoms with Crippen LogP contribution in [-0.4, -0.2) is 50.4 Å². The maximum absolute atomic E-state index is 11.7. The lowest BCUT2D eigenvalue weighted by Crippen LogP contribution is -2.24. The molecule has 0 bridgehead atoms. The molecule has 0 aliphatic heterocycles. The van der Waals surface area contributed by atoms with Crippen LogP contribution in [0.1, 0.15) is 13.3 Å². The van der Waals surface area contributed by atoms with E-state index in [0.717, 1.165) is 0 Å². The number of carboxylic acids is 1. The number of hydrogen-bond acceptors (Lipinski definition) is 4. The summed E-state index contributed by atoms with van der Waals surface area (Å²) in [6, 6.07) is 0. The van der Waals surface area contributed by atoms with Gasteiger partial charge >= 0.3 is 12.1 Å². The van der Waals surface area contributed by atoms with Crippen LogP contribution in [0.15, 0.2) is 0 Å². The molecule has 5 nitrogen and oxygen atoms in total. The maximum atomic E-state index is 11.7. The van der Waals surface area contributed by atoms with Gasteiger partial charge in [0, 0.05) is 6.61 Å². The van der Waals surface area contributed by atoms with Gasteiger partial charge in [-0.25, -0.2) is 8.42 Å². The fourth-order valence-electron chi connectivity index (χ4n) is 1.10. The summed E-state index contributed by atoms with van der Waals surface area (Å²) in [5.41, 5.74) is 0. The Hall–Kier alpha value is -0.830. The summed E-state index contributed by atoms with van der Waals surface area (Å²) in [5.74, 6) is -3.18. The van der Waals surface area contributed by atoms with E-state index < -0.39 is 40.3 Å². The molecule has 1 N–H and O–H groups in total. The summed E-state index contributed by atoms with van der Waals surface area (Å²) in [6.45, 7) is -0.501. The monoisotopic (exact) mass is 292 g/mol. The standard InChI is InChI=1S/C9H15F3O5S/c1-7(8(13)14)5-18(15,16)4-2-3-17-6-9(10,11)12/h7H,2-6H2,1H3,(H,13,14). The third kappa shape index (κ3) is 9.23. The third-order valence-corrected chi connectivity index (χ3v) is 3.85. The second-order valence-corrected chi connectivity index (χ2v) is 6.10. The Bertz CT molecular complexity index is 363. The predicted octanol–water partition coefficient (Wildman–Crippen LogP) is 1.09. The lowest BCUT2D eigenvalue weighted by atomic mass is 10.2. The molecule has 0 aromatic heterocycles. The van der Waals surface area contributed by atoms with Gasteiger partial charge in [-0.15, -0.1) is 0 Å². The van der Waals surface area contributed by atoms with E-state index in [9.17, 15) is 26.4 Å². The van der Waals surface area contributed by atoms with Crippen LogP contribution in [-0.2, 0) is 19.4 Å². The zero-order valence-corrected chi connectivity index (χ0v) is 10.6. The zero-order chi connectivity index (χ0) is 14.4. The zero-order valence-electron chi connectivity index (χ0n) is 9.74. The van der Waals surface area contributed by atoms with Crippen LogP contribution in [0.4, 0.5) is 13.2 Å². The van der Waals surface area contributed by atoms with Crippen molar-refractivity contribution in [2.24, 2.45) is 5.92 Å². The van der Waals surface area contributed by atoms with Crippen molar-refractivity contribution in [2.75, 3.05) is 24.7 Å². The fourth-order valence-corrected chi connectivity index (χ4v) is 2.73. The quantitative estimate of drug-likeness (QED) is 0.677. The number of carboxylic acid groups (broad SMARTS) is 1. The molecule has 108 valence electrons. The Balaban J connectivity index is 3.89. The Morgan fingerprint density at radius 3 is 2.39 bits per heavy atom. The minimum absolute atomic E-state index is 0.0925. The highest BCUT2D eigenvalue weighted by Crippen LogP contribution is 2.14. The van der Waals surface area contributed by atoms with Crippen molar-refractivity contribution in [2.45, 2.75) is 19.5 Å². The molecule has 0 amide bonds. The van der Waals surface area contributed by atoms with Gasteiger partial charge < -0.3 is 9.84 Å². The Labute approximate surface area is 103 Å². The predicted molar refractivity (Wildman–Crippen MR) is 56.9 cm³/mol. The van der Waals surface area contributed by atoms with Gasteiger partial charge in [0.2, 0.25) is 0 Å². The van der Waals surface area contributed by atoms with Crippen molar-refractivity contribution in [1.29, 1.82) is 0 Å². The van der Waals surface area contributed by atoms with E-state index in [-0.39, 0.29) is 18.8 Å². The number of halogens is 3. The van der Waals surface area contributed by atoms with Crippen LogP contribution in [0.2, 0.25) is 0 Å². The second-order valence-electron chi connectivity index (χ2n) is 3.87. The highest BCUT2D eigenvalue weighted by Gasteiger charge is 2.27. The van der Waals surface area contributed by atoms with E-state index in [1.807, 2.05) is 0 Å². The van der Waals surface area contributed by atoms with E-state index in [4.69, 9.17) is 5.11 Å². The van der Waals surface area contributed by atoms with Gasteiger partial charge in [-0.05, 0) is 6.42 Å². The van der Waals surface area contributed by atoms with Crippen LogP contribution in [0.5, 0.6) is 0 Å². The van der Waals surface area contributed by atoms with Gasteiger partial charge in [0.05, 0.1) is 17.4 Å². The van der Waals surface area contributed by atoms with Gasteiger partial charge in [0.1, 0.15) is 6.61 Å². The molecule has 0 heterocycles. The molecule has 9 heteroatoms. The molecular formula is C9H15F3O5S. The van der Waals surface area contributed by atoms with Gasteiger partial charge in [0.25, 0.3) is 0 Å². The maximum Gasteiger partial charge on any atom is 0.411 e. The first-order valence-electron chi connectivity index (χ1n) is 5.11. The van der Waals surface area contributed by atoms with Crippen molar-refractivity contribution in [3.05, 3.63) is 0 Å². The lowest BCUT2D eigenvalue weighted by molar-refractivity contribution is -0.173. The molecule has 18 heavy (non-hydrogen) atoms. The molecular weight excluding hydrogens is 277 g/mol. The first kappa shape index (κ1) is 17.2. The van der Waals surface area contributed by atoms with E-state index in [0.29, 0.717) is 0 Å². The van der Waals surface area contributed by atoms with Gasteiger partial charge in [-0.1, -0.05) is 6.92 Å². The average Bonchev–Trinajstić information content (AvgIpc) is 2.14. The Morgan fingerprint density at radius 2 is 1.94 bits per heavy atom. The van der Waals surface area contributed by atoms with Gasteiger partial charge in [0.15, 0.2) is 9.84 Å². The summed E-state index contributed by atoms with van der Waals surface area (Å²) in [4.78, 5) is 10.4. The van der Waals surface area contributed by atoms with Crippen LogP contribution >= 0.6 is 0 Å². The van der Waals surface area contributed by atoms with E-state index in [1.165, 1.54) is 6.92 Å². The molecule has 0 spiro atoms. The van der Waals surface area contributed by atoms with Crippen LogP contribution < -0.4 is 0 Å². The molecule has 0 aliphatic rings. The second kappa shape index (κ2) is 6.93. The number of rotatable bonds is 8. The van der Waals surface area contributed by atoms with E-state index >= 15 is 0 Å². The molecule has 0 aromatic rings. The average molecular weight is 292 g/mol. The molecule has 0 rings (SSSR count). The molecule has 0 radical (unpaired) electrons. The molecule has 0 fully saturated rings. The topological polar surface area (TPSA) is 80.7 Å². The van der Waals surface area contributed by atoms with E-state index in [1.54, 1.807) is 0 Å². The van der Waals surface area contributed by atoms with Crippen molar-refractivity contribution in [3.63, 3.8) is 0 Å². The van der Waals surface area contributed by atoms with Gasteiger partial charge in [-0.2, -0.15) is 13.2 Å². The number of carbonyl (C=O) groups is 1. The smallest absolute Gasteiger partial charge is 0.411 e. The minimum atomic E-state index is -4.43. The highest BCUT2D eigenvalue weighted by atomic mass is 32.2. The normalized spacial score (nSPS) is 14.4. The van der Waals surface area contributed by atoms with Gasteiger partial charge in [-0.3, -0.25) is 4.79 Å². The van der Waals surface area contributed by atoms with Crippen LogP contribution in [0.3, 0.4) is 0 Å². The first-order valence-corrected chi connectivity index (χ1v) is 6.93. The summed E-state index contributed by atoms with van der Waals surface area (Å²) in [7, 11) is -3.58. The fraction of sp³-hybridized carbons (Fsp3) is 0.889. The van der Waals surface area contributed by atoms with Crippen LogP contribution in [0, 0.1) is 5.92 Å². The number of hydrogen-bond donors (Lipinski definition) is 1. The molecule has 0 aromatic carbocycles. The van der Waals surface area contributed by atoms with Crippen molar-refractivity contribution < 1.29 is 36.2 Å².